The average Bonchev–Trinajstić information content (AvgIpc) is 2.70. The van der Waals surface area contributed by atoms with Crippen LogP contribution in [-0.2, 0) is 4.79 Å². The van der Waals surface area contributed by atoms with Crippen molar-refractivity contribution in [3.05, 3.63) is 0 Å². The quantitative estimate of drug-likeness (QED) is 0.736. The molecule has 2 fully saturated rings. The molecule has 0 bridgehead atoms. The Morgan fingerprint density at radius 1 is 1.21 bits per heavy atom. The second kappa shape index (κ2) is 5.00. The molecule has 2 aliphatic rings. The number of aliphatic hydroxyl groups is 1. The van der Waals surface area contributed by atoms with Gasteiger partial charge < -0.3 is 20.0 Å². The van der Waals surface area contributed by atoms with Crippen LogP contribution in [0.1, 0.15) is 33.1 Å². The summed E-state index contributed by atoms with van der Waals surface area (Å²) in [5, 5.41) is 18.7. The van der Waals surface area contributed by atoms with Crippen LogP contribution in [-0.4, -0.2) is 63.8 Å². The van der Waals surface area contributed by atoms with Crippen LogP contribution in [0.3, 0.4) is 0 Å². The van der Waals surface area contributed by atoms with E-state index in [0.29, 0.717) is 13.1 Å². The summed E-state index contributed by atoms with van der Waals surface area (Å²) in [4.78, 5) is 26.5. The third kappa shape index (κ3) is 3.00. The van der Waals surface area contributed by atoms with Crippen molar-refractivity contribution < 1.29 is 19.8 Å². The number of rotatable bonds is 1. The zero-order valence-corrected chi connectivity index (χ0v) is 11.5. The molecule has 2 atom stereocenters. The van der Waals surface area contributed by atoms with Crippen molar-refractivity contribution in [3.8, 4) is 0 Å². The normalized spacial score (nSPS) is 30.5. The molecule has 108 valence electrons. The van der Waals surface area contributed by atoms with Gasteiger partial charge in [0.2, 0.25) is 0 Å². The Kier molecular flexibility index (Phi) is 3.71. The second-order valence-electron chi connectivity index (χ2n) is 6.33. The van der Waals surface area contributed by atoms with Gasteiger partial charge in [0.05, 0.1) is 6.10 Å². The SMILES string of the molecule is CC1(C)CCN(C(=O)N2C[C@H](O)C[C@H]2C(=O)O)CC1. The zero-order chi connectivity index (χ0) is 14.2. The first kappa shape index (κ1) is 14.1. The number of piperidine rings is 1. The fourth-order valence-corrected chi connectivity index (χ4v) is 2.74. The molecule has 2 N–H and O–H groups in total. The van der Waals surface area contributed by atoms with Crippen LogP contribution in [0.25, 0.3) is 0 Å². The van der Waals surface area contributed by atoms with Crippen LogP contribution in [0.2, 0.25) is 0 Å². The number of likely N-dealkylation sites (tertiary alicyclic amines) is 2. The Bertz CT molecular complexity index is 373. The summed E-state index contributed by atoms with van der Waals surface area (Å²) in [5.74, 6) is -1.04. The Morgan fingerprint density at radius 3 is 2.32 bits per heavy atom. The number of amides is 2. The van der Waals surface area contributed by atoms with Crippen molar-refractivity contribution >= 4 is 12.0 Å². The van der Waals surface area contributed by atoms with Crippen LogP contribution in [0.4, 0.5) is 4.79 Å². The van der Waals surface area contributed by atoms with Crippen LogP contribution in [0.5, 0.6) is 0 Å². The highest BCUT2D eigenvalue weighted by Crippen LogP contribution is 2.31. The van der Waals surface area contributed by atoms with E-state index in [9.17, 15) is 14.7 Å². The minimum Gasteiger partial charge on any atom is -0.480 e. The number of hydrogen-bond donors (Lipinski definition) is 2. The predicted octanol–water partition coefficient (Wildman–Crippen LogP) is 0.748. The molecule has 0 aliphatic carbocycles. The lowest BCUT2D eigenvalue weighted by atomic mass is 9.83. The number of urea groups is 1. The maximum Gasteiger partial charge on any atom is 0.326 e. The molecule has 6 nitrogen and oxygen atoms in total. The average molecular weight is 270 g/mol. The highest BCUT2D eigenvalue weighted by Gasteiger charge is 2.41. The van der Waals surface area contributed by atoms with Gasteiger partial charge in [-0.25, -0.2) is 9.59 Å². The third-order valence-electron chi connectivity index (χ3n) is 4.20. The van der Waals surface area contributed by atoms with Crippen molar-refractivity contribution in [2.75, 3.05) is 19.6 Å². The molecule has 2 aliphatic heterocycles. The zero-order valence-electron chi connectivity index (χ0n) is 11.5. The fraction of sp³-hybridized carbons (Fsp3) is 0.846. The van der Waals surface area contributed by atoms with Gasteiger partial charge in [0.15, 0.2) is 0 Å². The lowest BCUT2D eigenvalue weighted by Gasteiger charge is -2.39. The van der Waals surface area contributed by atoms with E-state index in [1.807, 2.05) is 0 Å². The number of aliphatic carboxylic acids is 1. The summed E-state index contributed by atoms with van der Waals surface area (Å²) >= 11 is 0. The highest BCUT2D eigenvalue weighted by atomic mass is 16.4. The number of aliphatic hydroxyl groups excluding tert-OH is 1. The van der Waals surface area contributed by atoms with E-state index in [1.54, 1.807) is 4.90 Å². The van der Waals surface area contributed by atoms with Crippen LogP contribution in [0, 0.1) is 5.41 Å². The molecule has 2 saturated heterocycles. The van der Waals surface area contributed by atoms with Gasteiger partial charge in [-0.2, -0.15) is 0 Å². The van der Waals surface area contributed by atoms with Gasteiger partial charge in [-0.05, 0) is 18.3 Å². The largest absolute Gasteiger partial charge is 0.480 e. The van der Waals surface area contributed by atoms with Crippen LogP contribution >= 0.6 is 0 Å². The first-order chi connectivity index (χ1) is 8.80. The van der Waals surface area contributed by atoms with Crippen molar-refractivity contribution in [1.29, 1.82) is 0 Å². The Morgan fingerprint density at radius 2 is 1.79 bits per heavy atom. The first-order valence-corrected chi connectivity index (χ1v) is 6.76. The number of carbonyl (C=O) groups is 2. The lowest BCUT2D eigenvalue weighted by Crippen LogP contribution is -2.51. The van der Waals surface area contributed by atoms with E-state index in [0.717, 1.165) is 12.8 Å². The van der Waals surface area contributed by atoms with Gasteiger partial charge in [0.1, 0.15) is 6.04 Å². The second-order valence-corrected chi connectivity index (χ2v) is 6.33. The molecule has 2 rings (SSSR count). The van der Waals surface area contributed by atoms with Gasteiger partial charge >= 0.3 is 12.0 Å². The number of carboxylic acid groups (broad SMARTS) is 1. The third-order valence-corrected chi connectivity index (χ3v) is 4.20. The molecule has 2 amide bonds. The molecule has 0 aromatic carbocycles. The summed E-state index contributed by atoms with van der Waals surface area (Å²) in [6.07, 6.45) is 1.24. The number of hydrogen-bond acceptors (Lipinski definition) is 3. The van der Waals surface area contributed by atoms with Crippen molar-refractivity contribution in [2.45, 2.75) is 45.3 Å². The lowest BCUT2D eigenvalue weighted by molar-refractivity contribution is -0.141. The predicted molar refractivity (Wildman–Crippen MR) is 68.7 cm³/mol. The number of carboxylic acids is 1. The summed E-state index contributed by atoms with van der Waals surface area (Å²) in [6, 6.07) is -1.14. The van der Waals surface area contributed by atoms with Gasteiger partial charge in [0.25, 0.3) is 0 Å². The van der Waals surface area contributed by atoms with Crippen molar-refractivity contribution in [1.82, 2.24) is 9.80 Å². The van der Waals surface area contributed by atoms with Crippen LogP contribution < -0.4 is 0 Å². The van der Waals surface area contributed by atoms with E-state index >= 15 is 0 Å². The van der Waals surface area contributed by atoms with E-state index in [4.69, 9.17) is 5.11 Å². The molecular formula is C13H22N2O4. The number of β-amino-alcohol motifs (C(OH)–C–C–N with tert-alkyl or cyclic N) is 1. The molecule has 2 heterocycles. The van der Waals surface area contributed by atoms with E-state index in [2.05, 4.69) is 13.8 Å². The van der Waals surface area contributed by atoms with E-state index < -0.39 is 18.1 Å². The standard InChI is InChI=1S/C13H22N2O4/c1-13(2)3-5-14(6-4-13)12(19)15-8-9(16)7-10(15)11(17)18/h9-10,16H,3-8H2,1-2H3,(H,17,18)/t9-,10+/m1/s1. The summed E-state index contributed by atoms with van der Waals surface area (Å²) in [6.45, 7) is 5.79. The molecule has 0 saturated carbocycles. The van der Waals surface area contributed by atoms with Gasteiger partial charge in [0, 0.05) is 26.1 Å². The molecule has 0 spiro atoms. The van der Waals surface area contributed by atoms with Gasteiger partial charge in [-0.1, -0.05) is 13.8 Å². The van der Waals surface area contributed by atoms with Crippen molar-refractivity contribution in [3.63, 3.8) is 0 Å². The molecule has 6 heteroatoms. The summed E-state index contributed by atoms with van der Waals surface area (Å²) in [7, 11) is 0. The van der Waals surface area contributed by atoms with Gasteiger partial charge in [-0.15, -0.1) is 0 Å². The summed E-state index contributed by atoms with van der Waals surface area (Å²) < 4.78 is 0. The Hall–Kier alpha value is -1.30. The monoisotopic (exact) mass is 270 g/mol. The molecule has 0 aromatic rings. The minimum absolute atomic E-state index is 0.121. The van der Waals surface area contributed by atoms with Crippen molar-refractivity contribution in [2.24, 2.45) is 5.41 Å². The Labute approximate surface area is 113 Å². The molecule has 0 aromatic heterocycles. The molecule has 19 heavy (non-hydrogen) atoms. The van der Waals surface area contributed by atoms with E-state index in [-0.39, 0.29) is 24.4 Å². The van der Waals surface area contributed by atoms with E-state index in [1.165, 1.54) is 4.90 Å². The smallest absolute Gasteiger partial charge is 0.326 e. The maximum absolute atomic E-state index is 12.3. The molecule has 0 unspecified atom stereocenters. The minimum atomic E-state index is -1.04. The van der Waals surface area contributed by atoms with Gasteiger partial charge in [-0.3, -0.25) is 0 Å². The molecule has 0 radical (unpaired) electrons. The Balaban J connectivity index is 2.01. The first-order valence-electron chi connectivity index (χ1n) is 6.76. The topological polar surface area (TPSA) is 81.1 Å². The maximum atomic E-state index is 12.3. The fourth-order valence-electron chi connectivity index (χ4n) is 2.74. The number of carbonyl (C=O) groups excluding carboxylic acids is 1. The highest BCUT2D eigenvalue weighted by molar-refractivity contribution is 5.83. The number of nitrogens with zero attached hydrogens (tertiary/aromatic N) is 2. The van der Waals surface area contributed by atoms with Crippen LogP contribution in [0.15, 0.2) is 0 Å². The molecular weight excluding hydrogens is 248 g/mol. The summed E-state index contributed by atoms with van der Waals surface area (Å²) in [5.41, 5.74) is 0.244.